The summed E-state index contributed by atoms with van der Waals surface area (Å²) in [5.74, 6) is -1.01. The average Bonchev–Trinajstić information content (AvgIpc) is 2.63. The van der Waals surface area contributed by atoms with Crippen molar-refractivity contribution in [3.8, 4) is 0 Å². The molecule has 4 nitrogen and oxygen atoms in total. The van der Waals surface area contributed by atoms with E-state index in [4.69, 9.17) is 23.2 Å². The van der Waals surface area contributed by atoms with E-state index in [0.717, 1.165) is 22.9 Å². The summed E-state index contributed by atoms with van der Waals surface area (Å²) in [7, 11) is -4.13. The summed E-state index contributed by atoms with van der Waals surface area (Å²) in [5.41, 5.74) is 0.583. The summed E-state index contributed by atoms with van der Waals surface area (Å²) in [6.45, 7) is -0.295. The van der Waals surface area contributed by atoms with Crippen LogP contribution in [0.5, 0.6) is 0 Å². The van der Waals surface area contributed by atoms with E-state index in [0.29, 0.717) is 5.56 Å². The summed E-state index contributed by atoms with van der Waals surface area (Å²) in [6.07, 6.45) is -1.09. The van der Waals surface area contributed by atoms with Gasteiger partial charge in [0.25, 0.3) is 0 Å². The molecule has 0 aliphatic carbocycles. The van der Waals surface area contributed by atoms with Crippen molar-refractivity contribution in [2.24, 2.45) is 0 Å². The van der Waals surface area contributed by atoms with Crippen molar-refractivity contribution in [3.63, 3.8) is 0 Å². The highest BCUT2D eigenvalue weighted by molar-refractivity contribution is 7.89. The fraction of sp³-hybridized carbons (Fsp3) is 0.111. The van der Waals surface area contributed by atoms with Crippen LogP contribution in [0.15, 0.2) is 59.5 Å². The predicted molar refractivity (Wildman–Crippen MR) is 101 cm³/mol. The van der Waals surface area contributed by atoms with Crippen molar-refractivity contribution in [2.75, 3.05) is 6.54 Å². The first-order chi connectivity index (χ1) is 12.3. The molecule has 0 spiro atoms. The zero-order valence-corrected chi connectivity index (χ0v) is 15.6. The van der Waals surface area contributed by atoms with Crippen molar-refractivity contribution in [2.45, 2.75) is 11.0 Å². The molecule has 0 bridgehead atoms. The molecule has 0 aliphatic heterocycles. The standard InChI is InChI=1S/C18H14Cl2FNO3S/c19-14-8-9-16(17(20)18(14)21)26(24,25)22-10-15(23)13-7-3-5-11-4-1-2-6-12(11)13/h1-9,15,22-23H,10H2. The van der Waals surface area contributed by atoms with Gasteiger partial charge in [-0.05, 0) is 28.5 Å². The number of sulfonamides is 1. The summed E-state index contributed by atoms with van der Waals surface area (Å²) < 4.78 is 40.8. The highest BCUT2D eigenvalue weighted by atomic mass is 35.5. The van der Waals surface area contributed by atoms with E-state index in [1.807, 2.05) is 30.3 Å². The monoisotopic (exact) mass is 413 g/mol. The van der Waals surface area contributed by atoms with Gasteiger partial charge in [0, 0.05) is 6.54 Å². The number of hydrogen-bond acceptors (Lipinski definition) is 3. The Morgan fingerprint density at radius 2 is 1.73 bits per heavy atom. The van der Waals surface area contributed by atoms with Gasteiger partial charge in [0.1, 0.15) is 4.90 Å². The lowest BCUT2D eigenvalue weighted by atomic mass is 10.0. The fourth-order valence-corrected chi connectivity index (χ4v) is 4.41. The van der Waals surface area contributed by atoms with E-state index in [1.54, 1.807) is 12.1 Å². The average molecular weight is 414 g/mol. The molecule has 0 aromatic heterocycles. The Balaban J connectivity index is 1.85. The van der Waals surface area contributed by atoms with Gasteiger partial charge in [-0.3, -0.25) is 0 Å². The van der Waals surface area contributed by atoms with Gasteiger partial charge in [-0.2, -0.15) is 0 Å². The second-order valence-electron chi connectivity index (χ2n) is 5.61. The molecule has 26 heavy (non-hydrogen) atoms. The molecule has 0 fully saturated rings. The molecule has 3 rings (SSSR count). The van der Waals surface area contributed by atoms with Crippen LogP contribution in [0.2, 0.25) is 10.0 Å². The van der Waals surface area contributed by atoms with Crippen LogP contribution >= 0.6 is 23.2 Å². The summed E-state index contributed by atoms with van der Waals surface area (Å²) in [4.78, 5) is -0.439. The van der Waals surface area contributed by atoms with Gasteiger partial charge in [0.2, 0.25) is 10.0 Å². The van der Waals surface area contributed by atoms with Gasteiger partial charge in [-0.25, -0.2) is 17.5 Å². The van der Waals surface area contributed by atoms with Crippen molar-refractivity contribution in [1.82, 2.24) is 4.72 Å². The van der Waals surface area contributed by atoms with Gasteiger partial charge < -0.3 is 5.11 Å². The minimum Gasteiger partial charge on any atom is -0.387 e. The summed E-state index contributed by atoms with van der Waals surface area (Å²) in [5, 5.41) is 11.3. The Kier molecular flexibility index (Phi) is 5.50. The Hall–Kier alpha value is -1.70. The molecule has 0 saturated carbocycles. The van der Waals surface area contributed by atoms with Crippen LogP contribution in [0.1, 0.15) is 11.7 Å². The second kappa shape index (κ2) is 7.50. The van der Waals surface area contributed by atoms with Crippen LogP contribution in [-0.2, 0) is 10.0 Å². The Labute approximate surface area is 160 Å². The largest absolute Gasteiger partial charge is 0.387 e. The van der Waals surface area contributed by atoms with Crippen LogP contribution in [0.3, 0.4) is 0 Å². The molecule has 2 N–H and O–H groups in total. The van der Waals surface area contributed by atoms with Crippen molar-refractivity contribution in [1.29, 1.82) is 0 Å². The minimum absolute atomic E-state index is 0.273. The second-order valence-corrected chi connectivity index (χ2v) is 8.13. The lowest BCUT2D eigenvalue weighted by Crippen LogP contribution is -2.29. The van der Waals surface area contributed by atoms with Gasteiger partial charge in [-0.1, -0.05) is 65.7 Å². The highest BCUT2D eigenvalue weighted by Crippen LogP contribution is 2.30. The van der Waals surface area contributed by atoms with Crippen LogP contribution in [0, 0.1) is 5.82 Å². The van der Waals surface area contributed by atoms with Crippen LogP contribution < -0.4 is 4.72 Å². The number of benzene rings is 3. The molecule has 0 amide bonds. The van der Waals surface area contributed by atoms with E-state index in [2.05, 4.69) is 4.72 Å². The number of fused-ring (bicyclic) bond motifs is 1. The smallest absolute Gasteiger partial charge is 0.242 e. The lowest BCUT2D eigenvalue weighted by Gasteiger charge is -2.15. The lowest BCUT2D eigenvalue weighted by molar-refractivity contribution is 0.183. The molecule has 136 valence electrons. The minimum atomic E-state index is -4.13. The third-order valence-corrected chi connectivity index (χ3v) is 6.18. The zero-order chi connectivity index (χ0) is 18.9. The molecule has 3 aromatic rings. The topological polar surface area (TPSA) is 66.4 Å². The predicted octanol–water partition coefficient (Wildman–Crippen LogP) is 4.30. The van der Waals surface area contributed by atoms with Crippen LogP contribution in [-0.4, -0.2) is 20.1 Å². The normalized spacial score (nSPS) is 13.1. The summed E-state index contributed by atoms with van der Waals surface area (Å²) >= 11 is 11.3. The Morgan fingerprint density at radius 3 is 2.50 bits per heavy atom. The molecule has 0 aliphatic rings. The number of hydrogen-bond donors (Lipinski definition) is 2. The maximum Gasteiger partial charge on any atom is 0.242 e. The molecule has 3 aromatic carbocycles. The van der Waals surface area contributed by atoms with Gasteiger partial charge >= 0.3 is 0 Å². The molecular weight excluding hydrogens is 400 g/mol. The number of halogens is 3. The third-order valence-electron chi connectivity index (χ3n) is 3.94. The first-order valence-corrected chi connectivity index (χ1v) is 9.84. The maximum absolute atomic E-state index is 13.8. The molecule has 8 heteroatoms. The van der Waals surface area contributed by atoms with E-state index in [9.17, 15) is 17.9 Å². The van der Waals surface area contributed by atoms with Gasteiger partial charge in [-0.15, -0.1) is 0 Å². The molecule has 0 heterocycles. The number of aliphatic hydroxyl groups is 1. The quantitative estimate of drug-likeness (QED) is 0.612. The van der Waals surface area contributed by atoms with Gasteiger partial charge in [0.05, 0.1) is 16.1 Å². The SMILES string of the molecule is O=S(=O)(NCC(O)c1cccc2ccccc12)c1ccc(Cl)c(F)c1Cl. The van der Waals surface area contributed by atoms with Crippen LogP contribution in [0.25, 0.3) is 10.8 Å². The molecule has 1 atom stereocenters. The number of aliphatic hydroxyl groups excluding tert-OH is 1. The van der Waals surface area contributed by atoms with E-state index < -0.39 is 31.9 Å². The Morgan fingerprint density at radius 1 is 1.04 bits per heavy atom. The Bertz CT molecular complexity index is 1070. The van der Waals surface area contributed by atoms with E-state index in [1.165, 1.54) is 0 Å². The fourth-order valence-electron chi connectivity index (χ4n) is 2.63. The first kappa shape index (κ1) is 19.1. The van der Waals surface area contributed by atoms with Gasteiger partial charge in [0.15, 0.2) is 5.82 Å². The maximum atomic E-state index is 13.8. The molecule has 0 radical (unpaired) electrons. The third kappa shape index (κ3) is 3.70. The van der Waals surface area contributed by atoms with Crippen molar-refractivity contribution in [3.05, 3.63) is 76.0 Å². The van der Waals surface area contributed by atoms with E-state index in [-0.39, 0.29) is 11.6 Å². The van der Waals surface area contributed by atoms with Crippen LogP contribution in [0.4, 0.5) is 4.39 Å². The number of rotatable bonds is 5. The van der Waals surface area contributed by atoms with Crippen molar-refractivity contribution >= 4 is 44.0 Å². The first-order valence-electron chi connectivity index (χ1n) is 7.60. The molecule has 0 saturated heterocycles. The van der Waals surface area contributed by atoms with E-state index >= 15 is 0 Å². The highest BCUT2D eigenvalue weighted by Gasteiger charge is 2.23. The van der Waals surface area contributed by atoms with Crippen molar-refractivity contribution < 1.29 is 17.9 Å². The molecular formula is C18H14Cl2FNO3S. The molecule has 1 unspecified atom stereocenters. The summed E-state index contributed by atoms with van der Waals surface area (Å²) in [6, 6.07) is 15.1. The number of nitrogens with one attached hydrogen (secondary N) is 1. The zero-order valence-electron chi connectivity index (χ0n) is 13.3.